The van der Waals surface area contributed by atoms with Crippen LogP contribution in [0.3, 0.4) is 0 Å². The monoisotopic (exact) mass is 246 g/mol. The second kappa shape index (κ2) is 5.78. The average molecular weight is 246 g/mol. The minimum Gasteiger partial charge on any atom is -0.374 e. The molecule has 0 saturated carbocycles. The van der Waals surface area contributed by atoms with Crippen LogP contribution >= 0.6 is 0 Å². The number of nitrogens with zero attached hydrogens (tertiary/aromatic N) is 1. The van der Waals surface area contributed by atoms with Gasteiger partial charge in [0.1, 0.15) is 0 Å². The molecule has 1 aromatic rings. The SMILES string of the molecule is C=C(C)C1OCCC1CNC(=O)c1ccncc1. The highest BCUT2D eigenvalue weighted by molar-refractivity contribution is 5.93. The highest BCUT2D eigenvalue weighted by Crippen LogP contribution is 2.25. The Bertz CT molecular complexity index is 431. The van der Waals surface area contributed by atoms with Gasteiger partial charge in [-0.2, -0.15) is 0 Å². The third-order valence-electron chi connectivity index (χ3n) is 3.17. The molecule has 4 heteroatoms. The lowest BCUT2D eigenvalue weighted by Crippen LogP contribution is -2.33. The second-order valence-electron chi connectivity index (χ2n) is 4.63. The maximum atomic E-state index is 11.9. The van der Waals surface area contributed by atoms with Gasteiger partial charge in [-0.25, -0.2) is 0 Å². The fourth-order valence-corrected chi connectivity index (χ4v) is 2.22. The summed E-state index contributed by atoms with van der Waals surface area (Å²) in [6.07, 6.45) is 4.27. The van der Waals surface area contributed by atoms with Gasteiger partial charge < -0.3 is 10.1 Å². The van der Waals surface area contributed by atoms with E-state index in [0.29, 0.717) is 18.0 Å². The highest BCUT2D eigenvalue weighted by Gasteiger charge is 2.28. The molecule has 2 heterocycles. The fourth-order valence-electron chi connectivity index (χ4n) is 2.22. The zero-order valence-corrected chi connectivity index (χ0v) is 10.6. The molecule has 0 aromatic carbocycles. The van der Waals surface area contributed by atoms with Crippen LogP contribution in [0, 0.1) is 5.92 Å². The topological polar surface area (TPSA) is 51.2 Å². The van der Waals surface area contributed by atoms with Crippen molar-refractivity contribution in [2.24, 2.45) is 5.92 Å². The van der Waals surface area contributed by atoms with Crippen LogP contribution in [0.4, 0.5) is 0 Å². The van der Waals surface area contributed by atoms with Gasteiger partial charge in [-0.3, -0.25) is 9.78 Å². The van der Waals surface area contributed by atoms with E-state index in [0.717, 1.165) is 18.6 Å². The lowest BCUT2D eigenvalue weighted by Gasteiger charge is -2.18. The quantitative estimate of drug-likeness (QED) is 0.824. The predicted molar refractivity (Wildman–Crippen MR) is 69.2 cm³/mol. The number of aromatic nitrogens is 1. The Morgan fingerprint density at radius 2 is 2.28 bits per heavy atom. The predicted octanol–water partition coefficient (Wildman–Crippen LogP) is 1.79. The molecule has 2 unspecified atom stereocenters. The molecule has 18 heavy (non-hydrogen) atoms. The second-order valence-corrected chi connectivity index (χ2v) is 4.63. The molecule has 1 saturated heterocycles. The van der Waals surface area contributed by atoms with E-state index in [9.17, 15) is 4.79 Å². The maximum Gasteiger partial charge on any atom is 0.251 e. The van der Waals surface area contributed by atoms with Crippen LogP contribution in [0.15, 0.2) is 36.7 Å². The van der Waals surface area contributed by atoms with E-state index in [-0.39, 0.29) is 12.0 Å². The van der Waals surface area contributed by atoms with Crippen molar-refractivity contribution in [1.82, 2.24) is 10.3 Å². The molecule has 1 fully saturated rings. The zero-order chi connectivity index (χ0) is 13.0. The van der Waals surface area contributed by atoms with Crippen LogP contribution in [0.25, 0.3) is 0 Å². The van der Waals surface area contributed by atoms with Gasteiger partial charge >= 0.3 is 0 Å². The van der Waals surface area contributed by atoms with Gasteiger partial charge in [0.2, 0.25) is 0 Å². The van der Waals surface area contributed by atoms with Crippen LogP contribution in [0.1, 0.15) is 23.7 Å². The summed E-state index contributed by atoms with van der Waals surface area (Å²) in [4.78, 5) is 15.8. The molecular formula is C14H18N2O2. The van der Waals surface area contributed by atoms with Crippen LogP contribution in [-0.2, 0) is 4.74 Å². The molecule has 1 aliphatic rings. The van der Waals surface area contributed by atoms with Crippen molar-refractivity contribution in [2.75, 3.05) is 13.2 Å². The Labute approximate surface area is 107 Å². The summed E-state index contributed by atoms with van der Waals surface area (Å²) in [5.74, 6) is 0.262. The number of hydrogen-bond donors (Lipinski definition) is 1. The van der Waals surface area contributed by atoms with E-state index in [1.54, 1.807) is 24.5 Å². The summed E-state index contributed by atoms with van der Waals surface area (Å²) in [6.45, 7) is 7.26. The first-order valence-electron chi connectivity index (χ1n) is 6.13. The first-order chi connectivity index (χ1) is 8.68. The lowest BCUT2D eigenvalue weighted by atomic mass is 9.97. The Kier molecular flexibility index (Phi) is 4.10. The van der Waals surface area contributed by atoms with Crippen LogP contribution in [-0.4, -0.2) is 30.1 Å². The molecule has 1 N–H and O–H groups in total. The minimum absolute atomic E-state index is 0.0650. The Morgan fingerprint density at radius 1 is 1.56 bits per heavy atom. The van der Waals surface area contributed by atoms with Crippen molar-refractivity contribution in [3.8, 4) is 0 Å². The summed E-state index contributed by atoms with van der Waals surface area (Å²) < 4.78 is 5.60. The molecule has 0 radical (unpaired) electrons. The molecule has 0 bridgehead atoms. The van der Waals surface area contributed by atoms with Gasteiger partial charge in [0.25, 0.3) is 5.91 Å². The van der Waals surface area contributed by atoms with Gasteiger partial charge in [0.15, 0.2) is 0 Å². The number of carbonyl (C=O) groups is 1. The number of rotatable bonds is 4. The summed E-state index contributed by atoms with van der Waals surface area (Å²) in [5, 5.41) is 2.94. The van der Waals surface area contributed by atoms with E-state index in [2.05, 4.69) is 16.9 Å². The van der Waals surface area contributed by atoms with Gasteiger partial charge in [-0.05, 0) is 25.5 Å². The highest BCUT2D eigenvalue weighted by atomic mass is 16.5. The lowest BCUT2D eigenvalue weighted by molar-refractivity contribution is 0.0925. The van der Waals surface area contributed by atoms with Gasteiger partial charge in [0.05, 0.1) is 6.10 Å². The molecule has 1 aliphatic heterocycles. The van der Waals surface area contributed by atoms with Crippen molar-refractivity contribution < 1.29 is 9.53 Å². The van der Waals surface area contributed by atoms with E-state index < -0.39 is 0 Å². The molecule has 2 rings (SSSR count). The summed E-state index contributed by atoms with van der Waals surface area (Å²) in [7, 11) is 0. The standard InChI is InChI=1S/C14H18N2O2/c1-10(2)13-12(5-8-18-13)9-16-14(17)11-3-6-15-7-4-11/h3-4,6-7,12-13H,1,5,8-9H2,2H3,(H,16,17). The third kappa shape index (κ3) is 2.96. The Balaban J connectivity index is 1.88. The largest absolute Gasteiger partial charge is 0.374 e. The fraction of sp³-hybridized carbons (Fsp3) is 0.429. The average Bonchev–Trinajstić information content (AvgIpc) is 2.85. The molecule has 4 nitrogen and oxygen atoms in total. The summed E-state index contributed by atoms with van der Waals surface area (Å²) in [6, 6.07) is 3.41. The van der Waals surface area contributed by atoms with Crippen molar-refractivity contribution >= 4 is 5.91 Å². The van der Waals surface area contributed by atoms with Crippen molar-refractivity contribution in [1.29, 1.82) is 0 Å². The smallest absolute Gasteiger partial charge is 0.251 e. The first-order valence-corrected chi connectivity index (χ1v) is 6.13. The van der Waals surface area contributed by atoms with Crippen molar-refractivity contribution in [3.05, 3.63) is 42.2 Å². The number of pyridine rings is 1. The summed E-state index contributed by atoms with van der Waals surface area (Å²) >= 11 is 0. The van der Waals surface area contributed by atoms with Gasteiger partial charge in [-0.15, -0.1) is 0 Å². The summed E-state index contributed by atoms with van der Waals surface area (Å²) in [5.41, 5.74) is 1.66. The minimum atomic E-state index is -0.0650. The van der Waals surface area contributed by atoms with Crippen LogP contribution in [0.5, 0.6) is 0 Å². The molecule has 1 amide bonds. The molecule has 1 aromatic heterocycles. The number of carbonyl (C=O) groups excluding carboxylic acids is 1. The van der Waals surface area contributed by atoms with Gasteiger partial charge in [-0.1, -0.05) is 12.2 Å². The van der Waals surface area contributed by atoms with E-state index in [1.165, 1.54) is 0 Å². The number of nitrogens with one attached hydrogen (secondary N) is 1. The molecule has 2 atom stereocenters. The Hall–Kier alpha value is -1.68. The molecule has 96 valence electrons. The normalized spacial score (nSPS) is 22.7. The van der Waals surface area contributed by atoms with Gasteiger partial charge in [0, 0.05) is 37.0 Å². The molecule has 0 aliphatic carbocycles. The zero-order valence-electron chi connectivity index (χ0n) is 10.6. The number of amides is 1. The van der Waals surface area contributed by atoms with E-state index in [4.69, 9.17) is 4.74 Å². The van der Waals surface area contributed by atoms with Crippen LogP contribution < -0.4 is 5.32 Å². The van der Waals surface area contributed by atoms with Crippen LogP contribution in [0.2, 0.25) is 0 Å². The molecular weight excluding hydrogens is 228 g/mol. The number of hydrogen-bond acceptors (Lipinski definition) is 3. The van der Waals surface area contributed by atoms with Crippen molar-refractivity contribution in [2.45, 2.75) is 19.4 Å². The van der Waals surface area contributed by atoms with Crippen molar-refractivity contribution in [3.63, 3.8) is 0 Å². The maximum absolute atomic E-state index is 11.9. The number of ether oxygens (including phenoxy) is 1. The third-order valence-corrected chi connectivity index (χ3v) is 3.17. The van der Waals surface area contributed by atoms with E-state index in [1.807, 2.05) is 6.92 Å². The Morgan fingerprint density at radius 3 is 2.94 bits per heavy atom. The molecule has 0 spiro atoms. The first kappa shape index (κ1) is 12.8. The van der Waals surface area contributed by atoms with E-state index >= 15 is 0 Å².